The average molecular weight is 262 g/mol. The van der Waals surface area contributed by atoms with Crippen LogP contribution >= 0.6 is 0 Å². The predicted molar refractivity (Wildman–Crippen MR) is 72.1 cm³/mol. The molecule has 2 aromatic rings. The van der Waals surface area contributed by atoms with Crippen molar-refractivity contribution in [2.75, 3.05) is 0 Å². The number of benzene rings is 1. The highest BCUT2D eigenvalue weighted by Gasteiger charge is 2.07. The van der Waals surface area contributed by atoms with Gasteiger partial charge in [0.2, 0.25) is 0 Å². The number of halogens is 1. The first kappa shape index (κ1) is 13.7. The Morgan fingerprint density at radius 2 is 1.95 bits per heavy atom. The number of aromatic nitrogens is 3. The summed E-state index contributed by atoms with van der Waals surface area (Å²) < 4.78 is 14.8. The summed E-state index contributed by atoms with van der Waals surface area (Å²) in [7, 11) is 1.96. The van der Waals surface area contributed by atoms with Crippen LogP contribution in [0.3, 0.4) is 0 Å². The first-order chi connectivity index (χ1) is 9.06. The molecule has 0 amide bonds. The second-order valence-electron chi connectivity index (χ2n) is 4.83. The molecule has 1 atom stereocenters. The predicted octanol–water partition coefficient (Wildman–Crippen LogP) is 1.98. The third kappa shape index (κ3) is 3.61. The van der Waals surface area contributed by atoms with Crippen LogP contribution in [0, 0.1) is 12.7 Å². The van der Waals surface area contributed by atoms with Gasteiger partial charge in [0.05, 0.1) is 6.54 Å². The molecule has 0 saturated heterocycles. The van der Waals surface area contributed by atoms with Gasteiger partial charge in [-0.2, -0.15) is 0 Å². The molecule has 1 heterocycles. The summed E-state index contributed by atoms with van der Waals surface area (Å²) in [6, 6.07) is 6.92. The lowest BCUT2D eigenvalue weighted by Crippen LogP contribution is -2.28. The van der Waals surface area contributed by atoms with Gasteiger partial charge >= 0.3 is 0 Å². The van der Waals surface area contributed by atoms with E-state index in [9.17, 15) is 4.39 Å². The van der Waals surface area contributed by atoms with Crippen LogP contribution in [-0.4, -0.2) is 20.8 Å². The van der Waals surface area contributed by atoms with Gasteiger partial charge < -0.3 is 9.88 Å². The number of nitrogens with zero attached hydrogens (tertiary/aromatic N) is 3. The van der Waals surface area contributed by atoms with Crippen LogP contribution < -0.4 is 5.32 Å². The van der Waals surface area contributed by atoms with Crippen LogP contribution in [0.4, 0.5) is 4.39 Å². The van der Waals surface area contributed by atoms with Gasteiger partial charge in [-0.1, -0.05) is 12.1 Å². The lowest BCUT2D eigenvalue weighted by molar-refractivity contribution is 0.523. The molecule has 0 spiro atoms. The molecule has 5 heteroatoms. The molecule has 2 rings (SSSR count). The molecule has 1 N–H and O–H groups in total. The van der Waals surface area contributed by atoms with Crippen molar-refractivity contribution in [1.82, 2.24) is 20.1 Å². The molecule has 0 aliphatic heterocycles. The van der Waals surface area contributed by atoms with Crippen molar-refractivity contribution in [2.24, 2.45) is 7.05 Å². The second kappa shape index (κ2) is 5.93. The highest BCUT2D eigenvalue weighted by molar-refractivity contribution is 5.17. The van der Waals surface area contributed by atoms with E-state index in [-0.39, 0.29) is 5.82 Å². The summed E-state index contributed by atoms with van der Waals surface area (Å²) in [5.74, 6) is 1.63. The van der Waals surface area contributed by atoms with Crippen molar-refractivity contribution in [2.45, 2.75) is 32.9 Å². The summed E-state index contributed by atoms with van der Waals surface area (Å²) in [4.78, 5) is 0. The highest BCUT2D eigenvalue weighted by atomic mass is 19.1. The van der Waals surface area contributed by atoms with Gasteiger partial charge in [0.15, 0.2) is 0 Å². The summed E-state index contributed by atoms with van der Waals surface area (Å²) in [6.07, 6.45) is 0.858. The standard InChI is InChI=1S/C14H19FN4/c1-10(8-12-4-6-13(15)7-5-12)16-9-14-18-17-11(2)19(14)3/h4-7,10,16H,8-9H2,1-3H3. The van der Waals surface area contributed by atoms with E-state index < -0.39 is 0 Å². The van der Waals surface area contributed by atoms with E-state index in [2.05, 4.69) is 22.4 Å². The topological polar surface area (TPSA) is 42.7 Å². The van der Waals surface area contributed by atoms with E-state index in [0.29, 0.717) is 12.6 Å². The van der Waals surface area contributed by atoms with Gasteiger partial charge in [-0.15, -0.1) is 10.2 Å². The lowest BCUT2D eigenvalue weighted by atomic mass is 10.1. The second-order valence-corrected chi connectivity index (χ2v) is 4.83. The summed E-state index contributed by atoms with van der Waals surface area (Å²) in [5, 5.41) is 11.5. The van der Waals surface area contributed by atoms with Crippen LogP contribution in [0.5, 0.6) is 0 Å². The van der Waals surface area contributed by atoms with Crippen molar-refractivity contribution in [3.8, 4) is 0 Å². The normalized spacial score (nSPS) is 12.6. The van der Waals surface area contributed by atoms with Gasteiger partial charge in [-0.05, 0) is 38.0 Å². The maximum atomic E-state index is 12.8. The molecular formula is C14H19FN4. The Kier molecular flexibility index (Phi) is 4.27. The molecule has 1 aromatic carbocycles. The molecule has 4 nitrogen and oxygen atoms in total. The van der Waals surface area contributed by atoms with Gasteiger partial charge in [0.1, 0.15) is 17.5 Å². The average Bonchev–Trinajstić information content (AvgIpc) is 2.70. The van der Waals surface area contributed by atoms with Gasteiger partial charge in [0.25, 0.3) is 0 Å². The molecule has 0 radical (unpaired) electrons. The number of aryl methyl sites for hydroxylation is 1. The number of nitrogens with one attached hydrogen (secondary N) is 1. The fourth-order valence-electron chi connectivity index (χ4n) is 1.92. The zero-order valence-electron chi connectivity index (χ0n) is 11.5. The van der Waals surface area contributed by atoms with Crippen LogP contribution in [-0.2, 0) is 20.0 Å². The molecule has 102 valence electrons. The Hall–Kier alpha value is -1.75. The molecule has 0 aliphatic rings. The van der Waals surface area contributed by atoms with Crippen molar-refractivity contribution < 1.29 is 4.39 Å². The molecule has 0 fully saturated rings. The Balaban J connectivity index is 1.86. The van der Waals surface area contributed by atoms with E-state index in [0.717, 1.165) is 23.6 Å². The summed E-state index contributed by atoms with van der Waals surface area (Å²) >= 11 is 0. The largest absolute Gasteiger partial charge is 0.317 e. The minimum atomic E-state index is -0.195. The first-order valence-corrected chi connectivity index (χ1v) is 6.39. The van der Waals surface area contributed by atoms with Gasteiger partial charge in [0, 0.05) is 13.1 Å². The Morgan fingerprint density at radius 3 is 2.53 bits per heavy atom. The Labute approximate surface area is 112 Å². The number of hydrogen-bond acceptors (Lipinski definition) is 3. The Bertz CT molecular complexity index is 533. The summed E-state index contributed by atoms with van der Waals surface area (Å²) in [5.41, 5.74) is 1.12. The van der Waals surface area contributed by atoms with Crippen molar-refractivity contribution in [3.63, 3.8) is 0 Å². The van der Waals surface area contributed by atoms with Crippen LogP contribution in [0.25, 0.3) is 0 Å². The minimum Gasteiger partial charge on any atom is -0.317 e. The summed E-state index contributed by atoms with van der Waals surface area (Å²) in [6.45, 7) is 4.71. The van der Waals surface area contributed by atoms with E-state index >= 15 is 0 Å². The number of hydrogen-bond donors (Lipinski definition) is 1. The van der Waals surface area contributed by atoms with E-state index in [1.807, 2.05) is 30.7 Å². The zero-order valence-corrected chi connectivity index (χ0v) is 11.5. The third-order valence-corrected chi connectivity index (χ3v) is 3.25. The fourth-order valence-corrected chi connectivity index (χ4v) is 1.92. The molecule has 0 saturated carbocycles. The molecule has 19 heavy (non-hydrogen) atoms. The Morgan fingerprint density at radius 1 is 1.26 bits per heavy atom. The van der Waals surface area contributed by atoms with Crippen molar-refractivity contribution >= 4 is 0 Å². The maximum absolute atomic E-state index is 12.8. The van der Waals surface area contributed by atoms with Crippen LogP contribution in [0.1, 0.15) is 24.1 Å². The smallest absolute Gasteiger partial charge is 0.146 e. The lowest BCUT2D eigenvalue weighted by Gasteiger charge is -2.13. The molecule has 0 bridgehead atoms. The van der Waals surface area contributed by atoms with E-state index in [4.69, 9.17) is 0 Å². The monoisotopic (exact) mass is 262 g/mol. The highest BCUT2D eigenvalue weighted by Crippen LogP contribution is 2.06. The zero-order chi connectivity index (χ0) is 13.8. The van der Waals surface area contributed by atoms with Crippen molar-refractivity contribution in [1.29, 1.82) is 0 Å². The third-order valence-electron chi connectivity index (χ3n) is 3.25. The van der Waals surface area contributed by atoms with Crippen LogP contribution in [0.15, 0.2) is 24.3 Å². The quantitative estimate of drug-likeness (QED) is 0.896. The van der Waals surface area contributed by atoms with Crippen LogP contribution in [0.2, 0.25) is 0 Å². The molecule has 0 aliphatic carbocycles. The molecule has 1 unspecified atom stereocenters. The van der Waals surface area contributed by atoms with Gasteiger partial charge in [-0.3, -0.25) is 0 Å². The van der Waals surface area contributed by atoms with Gasteiger partial charge in [-0.25, -0.2) is 4.39 Å². The number of rotatable bonds is 5. The maximum Gasteiger partial charge on any atom is 0.146 e. The first-order valence-electron chi connectivity index (χ1n) is 6.39. The van der Waals surface area contributed by atoms with E-state index in [1.54, 1.807) is 0 Å². The SMILES string of the molecule is Cc1nnc(CNC(C)Cc2ccc(F)cc2)n1C. The van der Waals surface area contributed by atoms with E-state index in [1.165, 1.54) is 12.1 Å². The van der Waals surface area contributed by atoms with Crippen molar-refractivity contribution in [3.05, 3.63) is 47.3 Å². The molecule has 1 aromatic heterocycles. The fraction of sp³-hybridized carbons (Fsp3) is 0.429. The minimum absolute atomic E-state index is 0.195. The molecular weight excluding hydrogens is 243 g/mol.